The number of phenolic OH excluding ortho intramolecular Hbond substituents is 1. The second-order valence-electron chi connectivity index (χ2n) is 2.72. The van der Waals surface area contributed by atoms with Gasteiger partial charge in [-0.3, -0.25) is 4.79 Å². The summed E-state index contributed by atoms with van der Waals surface area (Å²) in [6.07, 6.45) is 0. The number of rotatable bonds is 3. The number of carboxylic acids is 1. The molecular formula is C9H10N2O4. The molecule has 0 radical (unpaired) electrons. The Morgan fingerprint density at radius 1 is 1.27 bits per heavy atom. The van der Waals surface area contributed by atoms with Gasteiger partial charge in [-0.25, -0.2) is 4.79 Å². The molecule has 1 aromatic carbocycles. The molecule has 0 bridgehead atoms. The van der Waals surface area contributed by atoms with E-state index in [9.17, 15) is 14.7 Å². The van der Waals surface area contributed by atoms with Crippen molar-refractivity contribution in [1.82, 2.24) is 5.32 Å². The van der Waals surface area contributed by atoms with Crippen molar-refractivity contribution in [3.8, 4) is 5.75 Å². The van der Waals surface area contributed by atoms with Crippen molar-refractivity contribution >= 4 is 17.7 Å². The molecule has 0 atom stereocenters. The maximum Gasteiger partial charge on any atom is 0.323 e. The summed E-state index contributed by atoms with van der Waals surface area (Å²) in [6.45, 7) is -0.473. The minimum Gasteiger partial charge on any atom is -0.506 e. The van der Waals surface area contributed by atoms with Crippen molar-refractivity contribution in [3.05, 3.63) is 24.3 Å². The maximum atomic E-state index is 11.1. The molecule has 6 nitrogen and oxygen atoms in total. The highest BCUT2D eigenvalue weighted by Crippen LogP contribution is 2.20. The summed E-state index contributed by atoms with van der Waals surface area (Å²) in [4.78, 5) is 21.2. The lowest BCUT2D eigenvalue weighted by Crippen LogP contribution is -2.33. The van der Waals surface area contributed by atoms with Crippen molar-refractivity contribution in [2.75, 3.05) is 11.9 Å². The molecular weight excluding hydrogens is 200 g/mol. The minimum atomic E-state index is -1.14. The van der Waals surface area contributed by atoms with Crippen molar-refractivity contribution in [3.63, 3.8) is 0 Å². The molecule has 0 heterocycles. The van der Waals surface area contributed by atoms with Crippen molar-refractivity contribution < 1.29 is 19.8 Å². The third kappa shape index (κ3) is 3.55. The standard InChI is InChI=1S/C9H10N2O4/c12-7-4-2-1-3-6(7)11-9(15)10-5-8(13)14/h1-4,12H,5H2,(H,13,14)(H2,10,11,15). The van der Waals surface area contributed by atoms with Crippen LogP contribution < -0.4 is 10.6 Å². The van der Waals surface area contributed by atoms with Crippen LogP contribution in [0.4, 0.5) is 10.5 Å². The van der Waals surface area contributed by atoms with Crippen LogP contribution in [0.5, 0.6) is 5.75 Å². The average Bonchev–Trinajstić information content (AvgIpc) is 2.18. The summed E-state index contributed by atoms with van der Waals surface area (Å²) in [5.74, 6) is -1.22. The number of para-hydroxylation sites is 2. The van der Waals surface area contributed by atoms with E-state index in [0.29, 0.717) is 0 Å². The molecule has 2 amide bonds. The highest BCUT2D eigenvalue weighted by Gasteiger charge is 2.05. The first-order valence-corrected chi connectivity index (χ1v) is 4.14. The fraction of sp³-hybridized carbons (Fsp3) is 0.111. The Bertz CT molecular complexity index is 378. The van der Waals surface area contributed by atoms with E-state index in [1.807, 2.05) is 0 Å². The van der Waals surface area contributed by atoms with Crippen LogP contribution >= 0.6 is 0 Å². The van der Waals surface area contributed by atoms with Gasteiger partial charge in [0.15, 0.2) is 0 Å². The summed E-state index contributed by atoms with van der Waals surface area (Å²) in [6, 6.07) is 5.46. The van der Waals surface area contributed by atoms with Gasteiger partial charge in [0.05, 0.1) is 5.69 Å². The molecule has 0 aliphatic carbocycles. The largest absolute Gasteiger partial charge is 0.506 e. The lowest BCUT2D eigenvalue weighted by atomic mass is 10.3. The number of benzene rings is 1. The number of amides is 2. The van der Waals surface area contributed by atoms with Gasteiger partial charge < -0.3 is 20.8 Å². The van der Waals surface area contributed by atoms with E-state index in [1.165, 1.54) is 12.1 Å². The number of carbonyl (C=O) groups excluding carboxylic acids is 1. The number of phenols is 1. The zero-order chi connectivity index (χ0) is 11.3. The highest BCUT2D eigenvalue weighted by atomic mass is 16.4. The molecule has 4 N–H and O–H groups in total. The third-order valence-electron chi connectivity index (χ3n) is 1.55. The van der Waals surface area contributed by atoms with E-state index in [-0.39, 0.29) is 11.4 Å². The second-order valence-corrected chi connectivity index (χ2v) is 2.72. The van der Waals surface area contributed by atoms with E-state index in [4.69, 9.17) is 5.11 Å². The first-order valence-electron chi connectivity index (χ1n) is 4.14. The molecule has 0 saturated carbocycles. The third-order valence-corrected chi connectivity index (χ3v) is 1.55. The molecule has 15 heavy (non-hydrogen) atoms. The van der Waals surface area contributed by atoms with Crippen molar-refractivity contribution in [2.45, 2.75) is 0 Å². The van der Waals surface area contributed by atoms with Gasteiger partial charge in [0, 0.05) is 0 Å². The number of carboxylic acid groups (broad SMARTS) is 1. The number of anilines is 1. The molecule has 0 aliphatic rings. The number of hydrogen-bond acceptors (Lipinski definition) is 3. The summed E-state index contributed by atoms with van der Waals surface area (Å²) < 4.78 is 0. The van der Waals surface area contributed by atoms with Gasteiger partial charge in [0.1, 0.15) is 12.3 Å². The van der Waals surface area contributed by atoms with Crippen LogP contribution in [0.15, 0.2) is 24.3 Å². The molecule has 0 unspecified atom stereocenters. The molecule has 0 aliphatic heterocycles. The number of carbonyl (C=O) groups is 2. The Balaban J connectivity index is 2.52. The van der Waals surface area contributed by atoms with Crippen molar-refractivity contribution in [1.29, 1.82) is 0 Å². The zero-order valence-electron chi connectivity index (χ0n) is 7.73. The van der Waals surface area contributed by atoms with E-state index >= 15 is 0 Å². The molecule has 0 saturated heterocycles. The summed E-state index contributed by atoms with van der Waals surface area (Å²) in [5.41, 5.74) is 0.223. The molecule has 80 valence electrons. The van der Waals surface area contributed by atoms with E-state index < -0.39 is 18.5 Å². The zero-order valence-corrected chi connectivity index (χ0v) is 7.73. The predicted molar refractivity (Wildman–Crippen MR) is 52.8 cm³/mol. The number of urea groups is 1. The summed E-state index contributed by atoms with van der Waals surface area (Å²) in [7, 11) is 0. The number of aromatic hydroxyl groups is 1. The summed E-state index contributed by atoms with van der Waals surface area (Å²) in [5, 5.41) is 22.0. The van der Waals surface area contributed by atoms with Crippen LogP contribution in [-0.2, 0) is 4.79 Å². The SMILES string of the molecule is O=C(O)CNC(=O)Nc1ccccc1O. The normalized spacial score (nSPS) is 9.33. The van der Waals surface area contributed by atoms with Crippen LogP contribution in [0.3, 0.4) is 0 Å². The maximum absolute atomic E-state index is 11.1. The van der Waals surface area contributed by atoms with Crippen LogP contribution in [0.25, 0.3) is 0 Å². The molecule has 1 rings (SSSR count). The van der Waals surface area contributed by atoms with Gasteiger partial charge in [0.2, 0.25) is 0 Å². The molecule has 0 fully saturated rings. The first-order chi connectivity index (χ1) is 7.09. The smallest absolute Gasteiger partial charge is 0.323 e. The fourth-order valence-electron chi connectivity index (χ4n) is 0.902. The molecule has 0 aromatic heterocycles. The fourth-order valence-corrected chi connectivity index (χ4v) is 0.902. The van der Waals surface area contributed by atoms with Gasteiger partial charge in [-0.05, 0) is 12.1 Å². The Morgan fingerprint density at radius 2 is 1.93 bits per heavy atom. The van der Waals surface area contributed by atoms with Crippen LogP contribution in [-0.4, -0.2) is 28.8 Å². The summed E-state index contributed by atoms with van der Waals surface area (Å²) >= 11 is 0. The lowest BCUT2D eigenvalue weighted by molar-refractivity contribution is -0.135. The van der Waals surface area contributed by atoms with Gasteiger partial charge in [-0.2, -0.15) is 0 Å². The average molecular weight is 210 g/mol. The van der Waals surface area contributed by atoms with E-state index in [1.54, 1.807) is 12.1 Å². The van der Waals surface area contributed by atoms with Crippen LogP contribution in [0.2, 0.25) is 0 Å². The van der Waals surface area contributed by atoms with Gasteiger partial charge in [0.25, 0.3) is 0 Å². The van der Waals surface area contributed by atoms with Gasteiger partial charge >= 0.3 is 12.0 Å². The van der Waals surface area contributed by atoms with E-state index in [0.717, 1.165) is 0 Å². The Labute approximate surface area is 85.5 Å². The second kappa shape index (κ2) is 4.85. The predicted octanol–water partition coefficient (Wildman–Crippen LogP) is 0.598. The van der Waals surface area contributed by atoms with Gasteiger partial charge in [-0.15, -0.1) is 0 Å². The number of aliphatic carboxylic acids is 1. The number of hydrogen-bond donors (Lipinski definition) is 4. The monoisotopic (exact) mass is 210 g/mol. The quantitative estimate of drug-likeness (QED) is 0.549. The molecule has 0 spiro atoms. The molecule has 6 heteroatoms. The topological polar surface area (TPSA) is 98.7 Å². The van der Waals surface area contributed by atoms with E-state index in [2.05, 4.69) is 10.6 Å². The lowest BCUT2D eigenvalue weighted by Gasteiger charge is -2.06. The number of nitrogens with one attached hydrogen (secondary N) is 2. The minimum absolute atomic E-state index is 0.0806. The Kier molecular flexibility index (Phi) is 3.50. The van der Waals surface area contributed by atoms with Crippen LogP contribution in [0, 0.1) is 0 Å². The van der Waals surface area contributed by atoms with Crippen LogP contribution in [0.1, 0.15) is 0 Å². The van der Waals surface area contributed by atoms with Crippen molar-refractivity contribution in [2.24, 2.45) is 0 Å². The Morgan fingerprint density at radius 3 is 2.53 bits per heavy atom. The molecule has 1 aromatic rings. The van der Waals surface area contributed by atoms with Gasteiger partial charge in [-0.1, -0.05) is 12.1 Å². The Hall–Kier alpha value is -2.24. The highest BCUT2D eigenvalue weighted by molar-refractivity contribution is 5.92. The first kappa shape index (κ1) is 10.8.